The average Bonchev–Trinajstić information content (AvgIpc) is 2.64. The number of fused-ring (bicyclic) bond motifs is 2. The predicted molar refractivity (Wildman–Crippen MR) is 70.6 cm³/mol. The van der Waals surface area contributed by atoms with Crippen molar-refractivity contribution in [1.82, 2.24) is 9.96 Å². The van der Waals surface area contributed by atoms with E-state index in [1.54, 1.807) is 13.2 Å². The maximum atomic E-state index is 12.2. The molecule has 0 radical (unpaired) electrons. The van der Waals surface area contributed by atoms with E-state index < -0.39 is 22.5 Å². The summed E-state index contributed by atoms with van der Waals surface area (Å²) in [5.74, 6) is 0. The summed E-state index contributed by atoms with van der Waals surface area (Å²) in [7, 11) is -1.66. The Balaban J connectivity index is 2.24. The smallest absolute Gasteiger partial charge is 0.384 e. The molecular weight excluding hydrogens is 304 g/mol. The van der Waals surface area contributed by atoms with E-state index in [0.717, 1.165) is 5.57 Å². The summed E-state index contributed by atoms with van der Waals surface area (Å²) in [6.45, 7) is 1.03. The number of hydrogen-bond acceptors (Lipinski definition) is 6. The fourth-order valence-corrected chi connectivity index (χ4v) is 2.95. The van der Waals surface area contributed by atoms with Gasteiger partial charge in [0.05, 0.1) is 18.7 Å². The minimum Gasteiger partial charge on any atom is -0.384 e. The van der Waals surface area contributed by atoms with E-state index in [1.165, 1.54) is 12.0 Å². The molecule has 0 aromatic carbocycles. The molecular formula is C11H18N2O7S. The van der Waals surface area contributed by atoms with E-state index in [0.29, 0.717) is 18.1 Å². The molecule has 120 valence electrons. The molecule has 10 heteroatoms. The van der Waals surface area contributed by atoms with Crippen LogP contribution in [-0.2, 0) is 24.2 Å². The lowest BCUT2D eigenvalue weighted by atomic mass is 9.97. The molecule has 2 aliphatic rings. The normalized spacial score (nSPS) is 25.5. The number of urea groups is 1. The third-order valence-corrected chi connectivity index (χ3v) is 3.77. The van der Waals surface area contributed by atoms with Gasteiger partial charge in [-0.05, 0) is 12.0 Å². The molecule has 2 rings (SSSR count). The quantitative estimate of drug-likeness (QED) is 0.512. The fraction of sp³-hybridized carbons (Fsp3) is 0.727. The highest BCUT2D eigenvalue weighted by Gasteiger charge is 2.47. The van der Waals surface area contributed by atoms with E-state index in [-0.39, 0.29) is 19.2 Å². The molecule has 1 saturated heterocycles. The van der Waals surface area contributed by atoms with E-state index >= 15 is 0 Å². The van der Waals surface area contributed by atoms with Crippen LogP contribution in [0.3, 0.4) is 0 Å². The molecule has 2 unspecified atom stereocenters. The topological polar surface area (TPSA) is 106 Å². The molecule has 1 fully saturated rings. The Bertz CT molecular complexity index is 533. The van der Waals surface area contributed by atoms with Crippen LogP contribution in [0.5, 0.6) is 0 Å². The van der Waals surface area contributed by atoms with E-state index in [1.807, 2.05) is 0 Å². The van der Waals surface area contributed by atoms with Gasteiger partial charge in [-0.2, -0.15) is 13.5 Å². The molecule has 9 nitrogen and oxygen atoms in total. The van der Waals surface area contributed by atoms with Crippen molar-refractivity contribution in [2.75, 3.05) is 34.0 Å². The molecule has 2 heterocycles. The van der Waals surface area contributed by atoms with Crippen molar-refractivity contribution in [3.63, 3.8) is 0 Å². The van der Waals surface area contributed by atoms with Crippen LogP contribution in [0.25, 0.3) is 0 Å². The molecule has 0 spiro atoms. The van der Waals surface area contributed by atoms with Gasteiger partial charge in [-0.25, -0.2) is 4.79 Å². The third kappa shape index (κ3) is 3.52. The van der Waals surface area contributed by atoms with Crippen LogP contribution in [0.15, 0.2) is 11.6 Å². The van der Waals surface area contributed by atoms with Crippen molar-refractivity contribution in [1.29, 1.82) is 0 Å². The molecule has 2 bridgehead atoms. The maximum absolute atomic E-state index is 12.2. The van der Waals surface area contributed by atoms with Crippen molar-refractivity contribution in [3.8, 4) is 0 Å². The number of nitrogens with zero attached hydrogens (tertiary/aromatic N) is 2. The van der Waals surface area contributed by atoms with Crippen LogP contribution in [0, 0.1) is 0 Å². The molecule has 2 amide bonds. The van der Waals surface area contributed by atoms with Crippen LogP contribution in [-0.4, -0.2) is 75.0 Å². The molecule has 0 saturated carbocycles. The van der Waals surface area contributed by atoms with Gasteiger partial charge in [0.1, 0.15) is 0 Å². The highest BCUT2D eigenvalue weighted by molar-refractivity contribution is 7.80. The first-order chi connectivity index (χ1) is 9.87. The number of rotatable bonds is 7. The van der Waals surface area contributed by atoms with Gasteiger partial charge in [-0.3, -0.25) is 4.55 Å². The van der Waals surface area contributed by atoms with Crippen LogP contribution in [0.4, 0.5) is 4.79 Å². The first-order valence-electron chi connectivity index (χ1n) is 6.32. The zero-order chi connectivity index (χ0) is 15.6. The van der Waals surface area contributed by atoms with Gasteiger partial charge in [-0.1, -0.05) is 6.08 Å². The second-order valence-electron chi connectivity index (χ2n) is 4.79. The molecule has 21 heavy (non-hydrogen) atoms. The van der Waals surface area contributed by atoms with Crippen molar-refractivity contribution in [2.24, 2.45) is 0 Å². The fourth-order valence-electron chi connectivity index (χ4n) is 2.57. The van der Waals surface area contributed by atoms with Gasteiger partial charge in [0, 0.05) is 27.4 Å². The van der Waals surface area contributed by atoms with Gasteiger partial charge in [0.25, 0.3) is 0 Å². The van der Waals surface area contributed by atoms with Crippen molar-refractivity contribution >= 4 is 16.4 Å². The van der Waals surface area contributed by atoms with Gasteiger partial charge in [-0.15, -0.1) is 4.28 Å². The molecule has 2 aliphatic heterocycles. The Morgan fingerprint density at radius 3 is 2.67 bits per heavy atom. The lowest BCUT2D eigenvalue weighted by Gasteiger charge is -2.31. The summed E-state index contributed by atoms with van der Waals surface area (Å²) in [6, 6.07) is -1.49. The van der Waals surface area contributed by atoms with Crippen LogP contribution in [0.1, 0.15) is 6.42 Å². The minimum atomic E-state index is -4.75. The number of hydrogen-bond donors (Lipinski definition) is 1. The zero-order valence-electron chi connectivity index (χ0n) is 11.8. The first-order valence-corrected chi connectivity index (χ1v) is 7.69. The first kappa shape index (κ1) is 16.2. The highest BCUT2D eigenvalue weighted by Crippen LogP contribution is 2.31. The lowest BCUT2D eigenvalue weighted by molar-refractivity contribution is -0.0188. The Kier molecular flexibility index (Phi) is 4.84. The zero-order valence-corrected chi connectivity index (χ0v) is 12.6. The van der Waals surface area contributed by atoms with Crippen molar-refractivity contribution in [2.45, 2.75) is 18.5 Å². The molecule has 2 atom stereocenters. The largest absolute Gasteiger partial charge is 0.418 e. The van der Waals surface area contributed by atoms with Crippen LogP contribution >= 0.6 is 0 Å². The summed E-state index contributed by atoms with van der Waals surface area (Å²) in [6.07, 6.45) is 2.35. The van der Waals surface area contributed by atoms with E-state index in [4.69, 9.17) is 14.0 Å². The average molecular weight is 322 g/mol. The molecule has 0 aromatic heterocycles. The Morgan fingerprint density at radius 1 is 1.38 bits per heavy atom. The number of methoxy groups -OCH3 is 2. The van der Waals surface area contributed by atoms with Gasteiger partial charge < -0.3 is 14.4 Å². The standard InChI is InChI=1S/C11H18N2O7S/c1-18-4-3-8-5-9-6-12(10(8)7-19-2)11(14)13(9)20-21(15,16)17/h5,9-10H,3-4,6-7H2,1-2H3,(H,15,16,17). The predicted octanol–water partition coefficient (Wildman–Crippen LogP) is -0.181. The maximum Gasteiger partial charge on any atom is 0.418 e. The van der Waals surface area contributed by atoms with Gasteiger partial charge >= 0.3 is 16.4 Å². The lowest BCUT2D eigenvalue weighted by Crippen LogP contribution is -2.43. The monoisotopic (exact) mass is 322 g/mol. The number of hydroxylamine groups is 2. The highest BCUT2D eigenvalue weighted by atomic mass is 32.3. The number of carbonyl (C=O) groups is 1. The Morgan fingerprint density at radius 2 is 2.10 bits per heavy atom. The van der Waals surface area contributed by atoms with Gasteiger partial charge in [0.15, 0.2) is 0 Å². The Hall–Kier alpha value is -1.20. The van der Waals surface area contributed by atoms with E-state index in [2.05, 4.69) is 4.28 Å². The second kappa shape index (κ2) is 6.28. The van der Waals surface area contributed by atoms with Crippen LogP contribution < -0.4 is 0 Å². The number of carbonyl (C=O) groups excluding carboxylic acids is 1. The SMILES string of the molecule is COCCC1=CC2CN(C(=O)N2OS(=O)(=O)O)C1COC. The van der Waals surface area contributed by atoms with Crippen LogP contribution in [0.2, 0.25) is 0 Å². The summed E-state index contributed by atoms with van der Waals surface area (Å²) in [5.41, 5.74) is 0.907. The molecule has 1 N–H and O–H groups in total. The van der Waals surface area contributed by atoms with Crippen molar-refractivity contribution in [3.05, 3.63) is 11.6 Å². The van der Waals surface area contributed by atoms with Gasteiger partial charge in [0.2, 0.25) is 0 Å². The number of ether oxygens (including phenoxy) is 2. The molecule has 0 aliphatic carbocycles. The third-order valence-electron chi connectivity index (χ3n) is 3.42. The summed E-state index contributed by atoms with van der Waals surface area (Å²) in [5, 5.41) is 0.664. The van der Waals surface area contributed by atoms with E-state index in [9.17, 15) is 13.2 Å². The summed E-state index contributed by atoms with van der Waals surface area (Å²) >= 11 is 0. The summed E-state index contributed by atoms with van der Waals surface area (Å²) < 4.78 is 45.0. The minimum absolute atomic E-state index is 0.277. The Labute approximate surface area is 123 Å². The summed E-state index contributed by atoms with van der Waals surface area (Å²) in [4.78, 5) is 13.7. The second-order valence-corrected chi connectivity index (χ2v) is 5.79. The number of amides is 2. The molecule has 0 aromatic rings. The van der Waals surface area contributed by atoms with Crippen molar-refractivity contribution < 1.29 is 31.5 Å².